The van der Waals surface area contributed by atoms with Gasteiger partial charge in [-0.25, -0.2) is 0 Å². The van der Waals surface area contributed by atoms with Gasteiger partial charge in [0.25, 0.3) is 0 Å². The topological polar surface area (TPSA) is 90.0 Å². The maximum Gasteiger partial charge on any atom is 0.170 e. The SMILES string of the molecule is COc1cc(OCCc2ccccn2)cc(/C(N)=N/O)c1. The molecule has 0 atom stereocenters. The number of pyridine rings is 1. The number of hydrogen-bond donors (Lipinski definition) is 2. The van der Waals surface area contributed by atoms with E-state index in [-0.39, 0.29) is 5.84 Å². The van der Waals surface area contributed by atoms with Gasteiger partial charge in [-0.1, -0.05) is 11.2 Å². The molecular weight excluding hydrogens is 270 g/mol. The number of nitrogens with two attached hydrogens (primary N) is 1. The molecule has 110 valence electrons. The van der Waals surface area contributed by atoms with Crippen molar-refractivity contribution in [3.05, 3.63) is 53.9 Å². The molecule has 0 fully saturated rings. The first-order chi connectivity index (χ1) is 10.2. The molecule has 1 aromatic carbocycles. The summed E-state index contributed by atoms with van der Waals surface area (Å²) in [4.78, 5) is 4.23. The maximum atomic E-state index is 8.74. The van der Waals surface area contributed by atoms with Crippen LogP contribution in [0.3, 0.4) is 0 Å². The fourth-order valence-corrected chi connectivity index (χ4v) is 1.80. The zero-order valence-electron chi connectivity index (χ0n) is 11.7. The van der Waals surface area contributed by atoms with E-state index in [1.165, 1.54) is 0 Å². The van der Waals surface area contributed by atoms with Gasteiger partial charge in [-0.2, -0.15) is 0 Å². The lowest BCUT2D eigenvalue weighted by Gasteiger charge is -2.10. The molecular formula is C15H17N3O3. The van der Waals surface area contributed by atoms with Crippen LogP contribution in [0.5, 0.6) is 11.5 Å². The summed E-state index contributed by atoms with van der Waals surface area (Å²) in [5.41, 5.74) is 7.07. The van der Waals surface area contributed by atoms with E-state index in [4.69, 9.17) is 20.4 Å². The highest BCUT2D eigenvalue weighted by Gasteiger charge is 2.06. The molecule has 0 spiro atoms. The van der Waals surface area contributed by atoms with Gasteiger partial charge in [-0.3, -0.25) is 4.98 Å². The minimum absolute atomic E-state index is 0.00322. The highest BCUT2D eigenvalue weighted by Crippen LogP contribution is 2.22. The molecule has 1 heterocycles. The summed E-state index contributed by atoms with van der Waals surface area (Å²) < 4.78 is 10.8. The molecule has 0 bridgehead atoms. The van der Waals surface area contributed by atoms with E-state index in [0.29, 0.717) is 30.1 Å². The summed E-state index contributed by atoms with van der Waals surface area (Å²) in [6.45, 7) is 0.472. The molecule has 0 unspecified atom stereocenters. The van der Waals surface area contributed by atoms with Crippen molar-refractivity contribution >= 4 is 5.84 Å². The van der Waals surface area contributed by atoms with Crippen LogP contribution in [-0.4, -0.2) is 29.7 Å². The Morgan fingerprint density at radius 2 is 2.10 bits per heavy atom. The van der Waals surface area contributed by atoms with Gasteiger partial charge in [0, 0.05) is 29.9 Å². The third kappa shape index (κ3) is 4.10. The number of rotatable bonds is 6. The van der Waals surface area contributed by atoms with Crippen LogP contribution < -0.4 is 15.2 Å². The van der Waals surface area contributed by atoms with Gasteiger partial charge in [-0.15, -0.1) is 0 Å². The van der Waals surface area contributed by atoms with Gasteiger partial charge in [0.1, 0.15) is 11.5 Å². The largest absolute Gasteiger partial charge is 0.497 e. The van der Waals surface area contributed by atoms with Crippen LogP contribution in [-0.2, 0) is 6.42 Å². The lowest BCUT2D eigenvalue weighted by molar-refractivity contribution is 0.316. The molecule has 0 saturated heterocycles. The van der Waals surface area contributed by atoms with Crippen LogP contribution in [0.4, 0.5) is 0 Å². The second-order valence-corrected chi connectivity index (χ2v) is 4.30. The van der Waals surface area contributed by atoms with E-state index >= 15 is 0 Å². The van der Waals surface area contributed by atoms with Crippen LogP contribution in [0.1, 0.15) is 11.3 Å². The minimum atomic E-state index is 0.00322. The molecule has 6 nitrogen and oxygen atoms in total. The van der Waals surface area contributed by atoms with Crippen LogP contribution in [0.25, 0.3) is 0 Å². The number of benzene rings is 1. The molecule has 0 aliphatic heterocycles. The summed E-state index contributed by atoms with van der Waals surface area (Å²) in [6.07, 6.45) is 2.44. The van der Waals surface area contributed by atoms with Gasteiger partial charge >= 0.3 is 0 Å². The fraction of sp³-hybridized carbons (Fsp3) is 0.200. The Morgan fingerprint density at radius 3 is 2.76 bits per heavy atom. The second-order valence-electron chi connectivity index (χ2n) is 4.30. The Labute approximate surface area is 122 Å². The zero-order valence-corrected chi connectivity index (χ0v) is 11.7. The monoisotopic (exact) mass is 287 g/mol. The third-order valence-electron chi connectivity index (χ3n) is 2.87. The molecule has 2 aromatic rings. The second kappa shape index (κ2) is 7.14. The van der Waals surface area contributed by atoms with E-state index < -0.39 is 0 Å². The van der Waals surface area contributed by atoms with Crippen molar-refractivity contribution in [1.29, 1.82) is 0 Å². The molecule has 21 heavy (non-hydrogen) atoms. The summed E-state index contributed by atoms with van der Waals surface area (Å²) in [6, 6.07) is 10.8. The van der Waals surface area contributed by atoms with Crippen molar-refractivity contribution in [2.75, 3.05) is 13.7 Å². The number of nitrogens with zero attached hydrogens (tertiary/aromatic N) is 2. The number of ether oxygens (including phenoxy) is 2. The number of hydrogen-bond acceptors (Lipinski definition) is 5. The van der Waals surface area contributed by atoms with Gasteiger partial charge in [-0.05, 0) is 24.3 Å². The van der Waals surface area contributed by atoms with Crippen molar-refractivity contribution in [1.82, 2.24) is 4.98 Å². The van der Waals surface area contributed by atoms with Crippen LogP contribution >= 0.6 is 0 Å². The van der Waals surface area contributed by atoms with Crippen LogP contribution in [0.15, 0.2) is 47.8 Å². The smallest absolute Gasteiger partial charge is 0.170 e. The summed E-state index contributed by atoms with van der Waals surface area (Å²) in [5, 5.41) is 11.7. The first kappa shape index (κ1) is 14.6. The molecule has 2 rings (SSSR count). The third-order valence-corrected chi connectivity index (χ3v) is 2.87. The van der Waals surface area contributed by atoms with Crippen molar-refractivity contribution in [3.8, 4) is 11.5 Å². The Balaban J connectivity index is 2.05. The number of methoxy groups -OCH3 is 1. The Hall–Kier alpha value is -2.76. The first-order valence-corrected chi connectivity index (χ1v) is 6.42. The highest BCUT2D eigenvalue weighted by atomic mass is 16.5. The predicted molar refractivity (Wildman–Crippen MR) is 78.9 cm³/mol. The van der Waals surface area contributed by atoms with E-state index in [0.717, 1.165) is 5.69 Å². The molecule has 0 saturated carbocycles. The average Bonchev–Trinajstić information content (AvgIpc) is 2.54. The number of amidine groups is 1. The van der Waals surface area contributed by atoms with Gasteiger partial charge < -0.3 is 20.4 Å². The standard InChI is InChI=1S/C15H17N3O3/c1-20-13-8-11(15(16)18-19)9-14(10-13)21-7-5-12-4-2-3-6-17-12/h2-4,6,8-10,19H,5,7H2,1H3,(H2,16,18). The average molecular weight is 287 g/mol. The predicted octanol–water partition coefficient (Wildman–Crippen LogP) is 1.81. The fourth-order valence-electron chi connectivity index (χ4n) is 1.80. The summed E-state index contributed by atoms with van der Waals surface area (Å²) >= 11 is 0. The molecule has 0 radical (unpaired) electrons. The molecule has 6 heteroatoms. The Bertz CT molecular complexity index is 615. The highest BCUT2D eigenvalue weighted by molar-refractivity contribution is 5.97. The van der Waals surface area contributed by atoms with Crippen molar-refractivity contribution in [2.24, 2.45) is 10.9 Å². The van der Waals surface area contributed by atoms with Crippen molar-refractivity contribution in [2.45, 2.75) is 6.42 Å². The van der Waals surface area contributed by atoms with E-state index in [1.807, 2.05) is 18.2 Å². The zero-order chi connectivity index (χ0) is 15.1. The molecule has 0 aliphatic carbocycles. The lowest BCUT2D eigenvalue weighted by Crippen LogP contribution is -2.13. The lowest BCUT2D eigenvalue weighted by atomic mass is 10.2. The molecule has 1 aromatic heterocycles. The Morgan fingerprint density at radius 1 is 1.29 bits per heavy atom. The minimum Gasteiger partial charge on any atom is -0.497 e. The number of aromatic nitrogens is 1. The quantitative estimate of drug-likeness (QED) is 0.366. The first-order valence-electron chi connectivity index (χ1n) is 6.42. The van der Waals surface area contributed by atoms with Crippen LogP contribution in [0.2, 0.25) is 0 Å². The normalized spacial score (nSPS) is 11.2. The molecule has 3 N–H and O–H groups in total. The van der Waals surface area contributed by atoms with Gasteiger partial charge in [0.2, 0.25) is 0 Å². The van der Waals surface area contributed by atoms with E-state index in [2.05, 4.69) is 10.1 Å². The van der Waals surface area contributed by atoms with E-state index in [9.17, 15) is 0 Å². The van der Waals surface area contributed by atoms with E-state index in [1.54, 1.807) is 31.5 Å². The molecule has 0 aliphatic rings. The Kier molecular flexibility index (Phi) is 4.98. The summed E-state index contributed by atoms with van der Waals surface area (Å²) in [5.74, 6) is 1.17. The van der Waals surface area contributed by atoms with Crippen LogP contribution in [0, 0.1) is 0 Å². The van der Waals surface area contributed by atoms with Gasteiger partial charge in [0.15, 0.2) is 5.84 Å². The summed E-state index contributed by atoms with van der Waals surface area (Å²) in [7, 11) is 1.54. The molecule has 0 amide bonds. The van der Waals surface area contributed by atoms with Crippen molar-refractivity contribution < 1.29 is 14.7 Å². The van der Waals surface area contributed by atoms with Gasteiger partial charge in [0.05, 0.1) is 13.7 Å². The maximum absolute atomic E-state index is 8.74. The number of oxime groups is 1. The van der Waals surface area contributed by atoms with Crippen molar-refractivity contribution in [3.63, 3.8) is 0 Å².